The van der Waals surface area contributed by atoms with Crippen molar-refractivity contribution in [1.29, 1.82) is 0 Å². The van der Waals surface area contributed by atoms with Crippen molar-refractivity contribution in [3.63, 3.8) is 0 Å². The minimum Gasteiger partial charge on any atom is -0.478 e. The van der Waals surface area contributed by atoms with Crippen molar-refractivity contribution in [2.45, 2.75) is 6.92 Å². The molecule has 0 aliphatic carbocycles. The summed E-state index contributed by atoms with van der Waals surface area (Å²) in [5, 5.41) is 8.92. The van der Waals surface area contributed by atoms with E-state index in [0.29, 0.717) is 5.56 Å². The number of carboxylic acid groups (broad SMARTS) is 1. The molecule has 0 atom stereocenters. The fourth-order valence-corrected chi connectivity index (χ4v) is 1.88. The highest BCUT2D eigenvalue weighted by atomic mass is 19.1. The van der Waals surface area contributed by atoms with Gasteiger partial charge in [-0.2, -0.15) is 0 Å². The molecule has 0 spiro atoms. The van der Waals surface area contributed by atoms with Crippen molar-refractivity contribution in [3.8, 4) is 11.1 Å². The van der Waals surface area contributed by atoms with Gasteiger partial charge in [0.25, 0.3) is 0 Å². The summed E-state index contributed by atoms with van der Waals surface area (Å²) in [5.41, 5.74) is 0.885. The summed E-state index contributed by atoms with van der Waals surface area (Å²) in [6.07, 6.45) is 0. The van der Waals surface area contributed by atoms with Crippen molar-refractivity contribution in [2.24, 2.45) is 0 Å². The number of carbonyl (C=O) groups is 2. The lowest BCUT2D eigenvalue weighted by Crippen LogP contribution is -2.03. The van der Waals surface area contributed by atoms with Gasteiger partial charge in [-0.3, -0.25) is 4.79 Å². The number of hydrogen-bond acceptors (Lipinski definition) is 2. The molecule has 0 aliphatic heterocycles. The van der Waals surface area contributed by atoms with E-state index in [1.165, 1.54) is 31.2 Å². The molecule has 3 nitrogen and oxygen atoms in total. The Balaban J connectivity index is 2.67. The Hall–Kier alpha value is -2.49. The molecule has 1 N–H and O–H groups in total. The summed E-state index contributed by atoms with van der Waals surface area (Å²) in [6.45, 7) is 1.32. The zero-order valence-corrected chi connectivity index (χ0v) is 10.2. The maximum atomic E-state index is 13.8. The average Bonchev–Trinajstić information content (AvgIpc) is 2.38. The first-order chi connectivity index (χ1) is 9.00. The van der Waals surface area contributed by atoms with Crippen LogP contribution < -0.4 is 0 Å². The van der Waals surface area contributed by atoms with Crippen LogP contribution in [0, 0.1) is 5.82 Å². The second-order valence-electron chi connectivity index (χ2n) is 4.10. The number of carbonyl (C=O) groups excluding carboxylic acids is 1. The van der Waals surface area contributed by atoms with E-state index in [0.717, 1.165) is 0 Å². The van der Waals surface area contributed by atoms with Gasteiger partial charge in [-0.1, -0.05) is 24.3 Å². The maximum Gasteiger partial charge on any atom is 0.335 e. The van der Waals surface area contributed by atoms with Crippen LogP contribution in [0.15, 0.2) is 42.5 Å². The van der Waals surface area contributed by atoms with Crippen LogP contribution >= 0.6 is 0 Å². The number of halogens is 1. The quantitative estimate of drug-likeness (QED) is 0.858. The summed E-state index contributed by atoms with van der Waals surface area (Å²) >= 11 is 0. The topological polar surface area (TPSA) is 54.4 Å². The molecule has 0 saturated heterocycles. The van der Waals surface area contributed by atoms with E-state index >= 15 is 0 Å². The van der Waals surface area contributed by atoms with E-state index in [1.54, 1.807) is 18.2 Å². The van der Waals surface area contributed by atoms with Crippen molar-refractivity contribution in [3.05, 3.63) is 59.4 Å². The average molecular weight is 258 g/mol. The lowest BCUT2D eigenvalue weighted by molar-refractivity contribution is 0.0697. The summed E-state index contributed by atoms with van der Waals surface area (Å²) in [4.78, 5) is 22.5. The minimum atomic E-state index is -1.12. The number of hydrogen-bond donors (Lipinski definition) is 1. The fourth-order valence-electron chi connectivity index (χ4n) is 1.88. The van der Waals surface area contributed by atoms with Gasteiger partial charge in [-0.15, -0.1) is 0 Å². The van der Waals surface area contributed by atoms with E-state index in [1.807, 2.05) is 0 Å². The molecular formula is C15H11FO3. The third-order valence-corrected chi connectivity index (χ3v) is 2.81. The zero-order valence-electron chi connectivity index (χ0n) is 10.2. The highest BCUT2D eigenvalue weighted by Crippen LogP contribution is 2.27. The third-order valence-electron chi connectivity index (χ3n) is 2.81. The first kappa shape index (κ1) is 13.0. The zero-order chi connectivity index (χ0) is 14.0. The Labute approximate surface area is 109 Å². The third kappa shape index (κ3) is 2.52. The van der Waals surface area contributed by atoms with Crippen LogP contribution in [0.25, 0.3) is 11.1 Å². The van der Waals surface area contributed by atoms with Gasteiger partial charge in [-0.05, 0) is 30.7 Å². The predicted molar refractivity (Wildman–Crippen MR) is 68.8 cm³/mol. The Morgan fingerprint density at radius 3 is 2.32 bits per heavy atom. The van der Waals surface area contributed by atoms with E-state index < -0.39 is 11.8 Å². The predicted octanol–water partition coefficient (Wildman–Crippen LogP) is 3.39. The summed E-state index contributed by atoms with van der Waals surface area (Å²) in [5.74, 6) is -1.88. The van der Waals surface area contributed by atoms with Crippen LogP contribution in [0.2, 0.25) is 0 Å². The van der Waals surface area contributed by atoms with Gasteiger partial charge in [0, 0.05) is 11.1 Å². The first-order valence-electron chi connectivity index (χ1n) is 5.64. The fraction of sp³-hybridized carbons (Fsp3) is 0.0667. The molecule has 19 heavy (non-hydrogen) atoms. The summed E-state index contributed by atoms with van der Waals surface area (Å²) < 4.78 is 13.8. The van der Waals surface area contributed by atoms with Crippen LogP contribution in [0.1, 0.15) is 27.6 Å². The van der Waals surface area contributed by atoms with Crippen molar-refractivity contribution < 1.29 is 19.1 Å². The van der Waals surface area contributed by atoms with Crippen LogP contribution in [0.5, 0.6) is 0 Å². The van der Waals surface area contributed by atoms with Gasteiger partial charge < -0.3 is 5.11 Å². The Morgan fingerprint density at radius 2 is 1.74 bits per heavy atom. The lowest BCUT2D eigenvalue weighted by Gasteiger charge is -2.09. The number of aromatic carboxylic acids is 1. The van der Waals surface area contributed by atoms with Gasteiger partial charge in [0.1, 0.15) is 5.82 Å². The number of carboxylic acids is 1. The molecule has 2 rings (SSSR count). The van der Waals surface area contributed by atoms with Gasteiger partial charge >= 0.3 is 5.97 Å². The first-order valence-corrected chi connectivity index (χ1v) is 5.64. The van der Waals surface area contributed by atoms with E-state index in [9.17, 15) is 14.0 Å². The summed E-state index contributed by atoms with van der Waals surface area (Å²) in [7, 11) is 0. The molecule has 2 aromatic rings. The van der Waals surface area contributed by atoms with Crippen LogP contribution in [-0.4, -0.2) is 16.9 Å². The number of benzene rings is 2. The van der Waals surface area contributed by atoms with Gasteiger partial charge in [-0.25, -0.2) is 9.18 Å². The Kier molecular flexibility index (Phi) is 3.42. The van der Waals surface area contributed by atoms with Crippen molar-refractivity contribution >= 4 is 11.8 Å². The second kappa shape index (κ2) is 5.02. The minimum absolute atomic E-state index is 0.00490. The molecule has 0 heterocycles. The van der Waals surface area contributed by atoms with Crippen molar-refractivity contribution in [1.82, 2.24) is 0 Å². The molecule has 0 unspecified atom stereocenters. The van der Waals surface area contributed by atoms with E-state index in [-0.39, 0.29) is 22.5 Å². The largest absolute Gasteiger partial charge is 0.478 e. The van der Waals surface area contributed by atoms with Crippen LogP contribution in [0.4, 0.5) is 4.39 Å². The molecule has 0 saturated carbocycles. The van der Waals surface area contributed by atoms with Gasteiger partial charge in [0.05, 0.1) is 5.56 Å². The molecule has 0 radical (unpaired) electrons. The van der Waals surface area contributed by atoms with Crippen molar-refractivity contribution in [2.75, 3.05) is 0 Å². The van der Waals surface area contributed by atoms with Gasteiger partial charge in [0.15, 0.2) is 5.78 Å². The molecule has 0 aromatic heterocycles. The van der Waals surface area contributed by atoms with Gasteiger partial charge in [0.2, 0.25) is 0 Å². The standard InChI is InChI=1S/C15H11FO3/c1-9(17)13-8-10(15(18)19)6-7-11(13)12-4-2-3-5-14(12)16/h2-8H,1H3,(H,18,19). The SMILES string of the molecule is CC(=O)c1cc(C(=O)O)ccc1-c1ccccc1F. The highest BCUT2D eigenvalue weighted by molar-refractivity contribution is 6.03. The molecule has 0 fully saturated rings. The van der Waals surface area contributed by atoms with E-state index in [2.05, 4.69) is 0 Å². The number of rotatable bonds is 3. The molecule has 0 amide bonds. The van der Waals surface area contributed by atoms with Crippen LogP contribution in [0.3, 0.4) is 0 Å². The monoisotopic (exact) mass is 258 g/mol. The normalized spacial score (nSPS) is 10.2. The molecule has 0 aliphatic rings. The molecule has 96 valence electrons. The lowest BCUT2D eigenvalue weighted by atomic mass is 9.95. The molecular weight excluding hydrogens is 247 g/mol. The number of ketones is 1. The number of Topliss-reactive ketones (excluding diaryl/α,β-unsaturated/α-hetero) is 1. The smallest absolute Gasteiger partial charge is 0.335 e. The van der Waals surface area contributed by atoms with E-state index in [4.69, 9.17) is 5.11 Å². The van der Waals surface area contributed by atoms with Crippen LogP contribution in [-0.2, 0) is 0 Å². The molecule has 4 heteroatoms. The summed E-state index contributed by atoms with van der Waals surface area (Å²) in [6, 6.07) is 10.1. The second-order valence-corrected chi connectivity index (χ2v) is 4.10. The Bertz CT molecular complexity index is 662. The molecule has 0 bridgehead atoms. The highest BCUT2D eigenvalue weighted by Gasteiger charge is 2.15. The maximum absolute atomic E-state index is 13.8. The Morgan fingerprint density at radius 1 is 1.05 bits per heavy atom. The molecule has 2 aromatic carbocycles.